The van der Waals surface area contributed by atoms with Gasteiger partial charge in [0, 0.05) is 18.0 Å². The molecule has 182 valence electrons. The van der Waals surface area contributed by atoms with Gasteiger partial charge in [-0.25, -0.2) is 9.77 Å². The van der Waals surface area contributed by atoms with Crippen molar-refractivity contribution in [2.24, 2.45) is 0 Å². The highest BCUT2D eigenvalue weighted by Crippen LogP contribution is 2.29. The normalized spacial score (nSPS) is 10.8. The number of nitrogens with zero attached hydrogens (tertiary/aromatic N) is 7. The minimum atomic E-state index is 0.175. The Morgan fingerprint density at radius 1 is 1.03 bits per heavy atom. The van der Waals surface area contributed by atoms with Crippen LogP contribution in [0.2, 0.25) is 0 Å². The molecular weight excluding hydrogens is 478 g/mol. The predicted molar refractivity (Wildman–Crippen MR) is 135 cm³/mol. The summed E-state index contributed by atoms with van der Waals surface area (Å²) in [4.78, 5) is 4.05. The van der Waals surface area contributed by atoms with Crippen LogP contribution in [0.15, 0.2) is 67.0 Å². The molecule has 0 unspecified atom stereocenters. The van der Waals surface area contributed by atoms with Crippen molar-refractivity contribution in [1.29, 1.82) is 0 Å². The van der Waals surface area contributed by atoms with E-state index in [1.807, 2.05) is 61.5 Å². The second kappa shape index (κ2) is 10.4. The average molecular weight is 502 g/mol. The SMILES string of the molecule is COc1cc(CNn2c(-c3ccncc3)n[nH]c2=S)ccc1OCc1nnnn1-c1ccc(C)cc1. The van der Waals surface area contributed by atoms with Crippen LogP contribution in [-0.2, 0) is 13.2 Å². The number of hydrogen-bond acceptors (Lipinski definition) is 9. The summed E-state index contributed by atoms with van der Waals surface area (Å²) < 4.78 is 15.4. The number of aromatic amines is 1. The van der Waals surface area contributed by atoms with E-state index in [9.17, 15) is 0 Å². The Labute approximate surface area is 211 Å². The maximum absolute atomic E-state index is 6.01. The van der Waals surface area contributed by atoms with E-state index in [4.69, 9.17) is 21.7 Å². The third kappa shape index (κ3) is 4.93. The van der Waals surface area contributed by atoms with Gasteiger partial charge in [0.05, 0.1) is 19.3 Å². The fourth-order valence-corrected chi connectivity index (χ4v) is 3.77. The van der Waals surface area contributed by atoms with Gasteiger partial charge in [-0.3, -0.25) is 4.98 Å². The molecule has 0 aliphatic rings. The van der Waals surface area contributed by atoms with E-state index in [0.29, 0.717) is 34.5 Å². The lowest BCUT2D eigenvalue weighted by Crippen LogP contribution is -2.16. The molecule has 2 N–H and O–H groups in total. The molecule has 0 aliphatic carbocycles. The second-order valence-corrected chi connectivity index (χ2v) is 8.26. The van der Waals surface area contributed by atoms with Crippen LogP contribution in [0.5, 0.6) is 11.5 Å². The predicted octanol–water partition coefficient (Wildman–Crippen LogP) is 3.62. The van der Waals surface area contributed by atoms with Crippen LogP contribution in [0.25, 0.3) is 17.1 Å². The monoisotopic (exact) mass is 501 g/mol. The maximum Gasteiger partial charge on any atom is 0.214 e. The van der Waals surface area contributed by atoms with Gasteiger partial charge in [0.1, 0.15) is 0 Å². The number of pyridine rings is 1. The highest BCUT2D eigenvalue weighted by Gasteiger charge is 2.13. The summed E-state index contributed by atoms with van der Waals surface area (Å²) in [7, 11) is 1.60. The number of ether oxygens (including phenoxy) is 2. The minimum Gasteiger partial charge on any atom is -0.493 e. The lowest BCUT2D eigenvalue weighted by molar-refractivity contribution is 0.273. The molecule has 0 saturated heterocycles. The Balaban J connectivity index is 1.28. The first kappa shape index (κ1) is 23.2. The zero-order chi connectivity index (χ0) is 24.9. The number of rotatable bonds is 9. The topological polar surface area (TPSA) is 121 Å². The van der Waals surface area contributed by atoms with E-state index < -0.39 is 0 Å². The molecule has 0 spiro atoms. The smallest absolute Gasteiger partial charge is 0.214 e. The van der Waals surface area contributed by atoms with Gasteiger partial charge < -0.3 is 14.9 Å². The summed E-state index contributed by atoms with van der Waals surface area (Å²) >= 11 is 5.39. The highest BCUT2D eigenvalue weighted by atomic mass is 32.1. The number of nitrogens with one attached hydrogen (secondary N) is 2. The molecule has 2 aromatic carbocycles. The Bertz CT molecular complexity index is 1510. The van der Waals surface area contributed by atoms with Gasteiger partial charge in [0.25, 0.3) is 0 Å². The first-order valence-corrected chi connectivity index (χ1v) is 11.5. The molecule has 0 fully saturated rings. The second-order valence-electron chi connectivity index (χ2n) is 7.87. The van der Waals surface area contributed by atoms with Crippen LogP contribution in [-0.4, -0.2) is 47.2 Å². The van der Waals surface area contributed by atoms with E-state index in [1.165, 1.54) is 0 Å². The number of aromatic nitrogens is 8. The molecule has 0 bridgehead atoms. The molecule has 0 aliphatic heterocycles. The molecule has 3 heterocycles. The molecule has 0 atom stereocenters. The van der Waals surface area contributed by atoms with Crippen LogP contribution in [0.3, 0.4) is 0 Å². The maximum atomic E-state index is 6.01. The van der Waals surface area contributed by atoms with Crippen molar-refractivity contribution in [2.75, 3.05) is 12.5 Å². The summed E-state index contributed by atoms with van der Waals surface area (Å²) in [6.07, 6.45) is 3.42. The third-order valence-electron chi connectivity index (χ3n) is 5.45. The largest absolute Gasteiger partial charge is 0.493 e. The molecule has 36 heavy (non-hydrogen) atoms. The zero-order valence-corrected chi connectivity index (χ0v) is 20.4. The first-order valence-electron chi connectivity index (χ1n) is 11.1. The highest BCUT2D eigenvalue weighted by molar-refractivity contribution is 7.71. The van der Waals surface area contributed by atoms with Crippen LogP contribution in [0, 0.1) is 11.7 Å². The van der Waals surface area contributed by atoms with Gasteiger partial charge in [0.15, 0.2) is 29.8 Å². The van der Waals surface area contributed by atoms with Gasteiger partial charge in [-0.1, -0.05) is 23.8 Å². The Kier molecular flexibility index (Phi) is 6.67. The molecule has 5 aromatic rings. The van der Waals surface area contributed by atoms with Gasteiger partial charge in [-0.2, -0.15) is 9.78 Å². The molecule has 12 heteroatoms. The number of hydrogen-bond donors (Lipinski definition) is 2. The quantitative estimate of drug-likeness (QED) is 0.292. The Morgan fingerprint density at radius 2 is 1.83 bits per heavy atom. The summed E-state index contributed by atoms with van der Waals surface area (Å²) in [5.41, 5.74) is 7.18. The van der Waals surface area contributed by atoms with E-state index in [0.717, 1.165) is 22.4 Å². The van der Waals surface area contributed by atoms with Gasteiger partial charge in [0.2, 0.25) is 4.77 Å². The first-order chi connectivity index (χ1) is 17.6. The zero-order valence-electron chi connectivity index (χ0n) is 19.6. The van der Waals surface area contributed by atoms with Gasteiger partial charge >= 0.3 is 0 Å². The molecular formula is C24H23N9O2S. The van der Waals surface area contributed by atoms with Gasteiger partial charge in [-0.15, -0.1) is 5.10 Å². The number of H-pyrrole nitrogens is 1. The number of aryl methyl sites for hydroxylation is 1. The molecule has 5 rings (SSSR count). The molecule has 0 amide bonds. The van der Waals surface area contributed by atoms with Crippen molar-refractivity contribution in [3.63, 3.8) is 0 Å². The van der Waals surface area contributed by atoms with E-state index >= 15 is 0 Å². The van der Waals surface area contributed by atoms with Crippen molar-refractivity contribution >= 4 is 12.2 Å². The van der Waals surface area contributed by atoms with Crippen molar-refractivity contribution in [1.82, 2.24) is 40.1 Å². The number of tetrazole rings is 1. The lowest BCUT2D eigenvalue weighted by Gasteiger charge is -2.14. The van der Waals surface area contributed by atoms with Crippen molar-refractivity contribution in [3.05, 3.63) is 88.7 Å². The Hall–Kier alpha value is -4.58. The van der Waals surface area contributed by atoms with Crippen molar-refractivity contribution in [3.8, 4) is 28.6 Å². The summed E-state index contributed by atoms with van der Waals surface area (Å²) in [5.74, 6) is 2.41. The van der Waals surface area contributed by atoms with Crippen LogP contribution in [0.1, 0.15) is 17.0 Å². The number of benzene rings is 2. The lowest BCUT2D eigenvalue weighted by atomic mass is 10.2. The van der Waals surface area contributed by atoms with Crippen LogP contribution in [0.4, 0.5) is 0 Å². The van der Waals surface area contributed by atoms with Crippen LogP contribution >= 0.6 is 12.2 Å². The Morgan fingerprint density at radius 3 is 2.61 bits per heavy atom. The summed E-state index contributed by atoms with van der Waals surface area (Å²) in [5, 5.41) is 19.1. The van der Waals surface area contributed by atoms with Crippen LogP contribution < -0.4 is 14.9 Å². The fraction of sp³-hybridized carbons (Fsp3) is 0.167. The van der Waals surface area contributed by atoms with Crippen molar-refractivity contribution < 1.29 is 9.47 Å². The van der Waals surface area contributed by atoms with E-state index in [-0.39, 0.29) is 6.61 Å². The molecule has 0 radical (unpaired) electrons. The molecule has 11 nitrogen and oxygen atoms in total. The summed E-state index contributed by atoms with van der Waals surface area (Å²) in [6, 6.07) is 17.4. The molecule has 3 aromatic heterocycles. The number of methoxy groups -OCH3 is 1. The fourth-order valence-electron chi connectivity index (χ4n) is 3.57. The third-order valence-corrected chi connectivity index (χ3v) is 5.72. The molecule has 0 saturated carbocycles. The van der Waals surface area contributed by atoms with Gasteiger partial charge in [-0.05, 0) is 71.5 Å². The minimum absolute atomic E-state index is 0.175. The summed E-state index contributed by atoms with van der Waals surface area (Å²) in [6.45, 7) is 2.69. The van der Waals surface area contributed by atoms with E-state index in [2.05, 4.69) is 36.1 Å². The average Bonchev–Trinajstić information content (AvgIpc) is 3.53. The van der Waals surface area contributed by atoms with Crippen molar-refractivity contribution in [2.45, 2.75) is 20.1 Å². The van der Waals surface area contributed by atoms with E-state index in [1.54, 1.807) is 28.9 Å². The standard InChI is InChI=1S/C24H23N9O2S/c1-16-3-6-19(7-4-16)32-22(27-30-31-32)15-35-20-8-5-17(13-21(20)34-2)14-26-33-23(28-29-24(33)36)18-9-11-25-12-10-18/h3-13,26H,14-15H2,1-2H3,(H,29,36).